The fraction of sp³-hybridized carbons (Fsp3) is 0.833. The molecule has 0 heterocycles. The van der Waals surface area contributed by atoms with Crippen LogP contribution in [-0.4, -0.2) is 23.9 Å². The summed E-state index contributed by atoms with van der Waals surface area (Å²) in [6.07, 6.45) is 0. The van der Waals surface area contributed by atoms with E-state index in [-0.39, 0.29) is 0 Å². The van der Waals surface area contributed by atoms with Crippen LogP contribution in [0.4, 0.5) is 0 Å². The van der Waals surface area contributed by atoms with Gasteiger partial charge in [0.05, 0.1) is 0 Å². The molecule has 0 aromatic rings. The van der Waals surface area contributed by atoms with Gasteiger partial charge in [0.1, 0.15) is 0 Å². The van der Waals surface area contributed by atoms with Gasteiger partial charge in [-0.25, -0.2) is 0 Å². The first kappa shape index (κ1) is 9.90. The lowest BCUT2D eigenvalue weighted by atomic mass is 10.8. The summed E-state index contributed by atoms with van der Waals surface area (Å²) in [6.45, 7) is 10.6. The summed E-state index contributed by atoms with van der Waals surface area (Å²) in [6, 6.07) is 0. The largest absolute Gasteiger partial charge is 0.538 e. The summed E-state index contributed by atoms with van der Waals surface area (Å²) in [7, 11) is -1.70. The van der Waals surface area contributed by atoms with E-state index in [1.807, 2.05) is 6.92 Å². The van der Waals surface area contributed by atoms with Crippen molar-refractivity contribution in [1.29, 1.82) is 0 Å². The summed E-state index contributed by atoms with van der Waals surface area (Å²) in [5, 5.41) is 0. The van der Waals surface area contributed by atoms with Gasteiger partial charge in [-0.05, 0) is 13.1 Å². The Hall–Kier alpha value is -0.0962. The van der Waals surface area contributed by atoms with Crippen LogP contribution >= 0.6 is 0 Å². The fourth-order valence-electron chi connectivity index (χ4n) is 0.735. The summed E-state index contributed by atoms with van der Waals surface area (Å²) in [5.74, 6) is 0.906. The number of nitrogens with zero attached hydrogens (tertiary/aromatic N) is 1. The third-order valence-corrected chi connectivity index (χ3v) is 2.54. The molecule has 0 aliphatic rings. The highest BCUT2D eigenvalue weighted by atomic mass is 28.3. The van der Waals surface area contributed by atoms with Crippen LogP contribution in [0.3, 0.4) is 0 Å². The first-order valence-electron chi connectivity index (χ1n) is 3.73. The van der Waals surface area contributed by atoms with E-state index in [0.29, 0.717) is 0 Å². The number of hydrogen-bond donors (Lipinski definition) is 0. The second kappa shape index (κ2) is 4.68. The van der Waals surface area contributed by atoms with Gasteiger partial charge in [0.15, 0.2) is 14.9 Å². The monoisotopic (exact) mass is 175 g/mol. The maximum Gasteiger partial charge on any atom is 0.230 e. The predicted octanol–water partition coefficient (Wildman–Crippen LogP) is 1.39. The topological polar surface area (TPSA) is 21.6 Å². The Morgan fingerprint density at radius 2 is 1.70 bits per heavy atom. The molecule has 0 fully saturated rings. The van der Waals surface area contributed by atoms with Crippen LogP contribution in [0, 0.1) is 0 Å². The third kappa shape index (κ3) is 6.03. The van der Waals surface area contributed by atoms with Crippen LogP contribution in [-0.2, 0) is 4.43 Å². The zero-order valence-corrected chi connectivity index (χ0v) is 9.82. The minimum absolute atomic E-state index is 0.802. The van der Waals surface area contributed by atoms with Gasteiger partial charge in [-0.3, -0.25) is 0 Å². The van der Waals surface area contributed by atoms with Crippen molar-refractivity contribution in [2.75, 3.05) is 0 Å². The van der Waals surface area contributed by atoms with Gasteiger partial charge >= 0.3 is 0 Å². The Morgan fingerprint density at radius 1 is 1.20 bits per heavy atom. The lowest BCUT2D eigenvalue weighted by Crippen LogP contribution is -2.14. The van der Waals surface area contributed by atoms with E-state index in [2.05, 4.69) is 30.8 Å². The minimum atomic E-state index is -0.896. The lowest BCUT2D eigenvalue weighted by Gasteiger charge is -2.08. The molecule has 0 rings (SSSR count). The molecule has 2 nitrogen and oxygen atoms in total. The zero-order chi connectivity index (χ0) is 8.15. The smallest absolute Gasteiger partial charge is 0.230 e. The highest BCUT2D eigenvalue weighted by molar-refractivity contribution is 6.56. The molecule has 0 radical (unpaired) electrons. The molecule has 0 aliphatic heterocycles. The van der Waals surface area contributed by atoms with Crippen molar-refractivity contribution >= 4 is 23.9 Å². The van der Waals surface area contributed by atoms with Crippen molar-refractivity contribution in [1.82, 2.24) is 0 Å². The van der Waals surface area contributed by atoms with Crippen molar-refractivity contribution in [2.45, 2.75) is 33.1 Å². The van der Waals surface area contributed by atoms with Gasteiger partial charge in [0.25, 0.3) is 0 Å². The quantitative estimate of drug-likeness (QED) is 0.353. The summed E-state index contributed by atoms with van der Waals surface area (Å²) in [5.41, 5.74) is 0. The van der Waals surface area contributed by atoms with E-state index in [4.69, 9.17) is 4.43 Å². The highest BCUT2D eigenvalue weighted by Crippen LogP contribution is 1.90. The second-order valence-corrected chi connectivity index (χ2v) is 7.69. The molecule has 60 valence electrons. The van der Waals surface area contributed by atoms with E-state index < -0.39 is 18.0 Å². The first-order valence-corrected chi connectivity index (χ1v) is 9.34. The Kier molecular flexibility index (Phi) is 4.63. The molecule has 10 heavy (non-hydrogen) atoms. The van der Waals surface area contributed by atoms with Crippen molar-refractivity contribution in [3.05, 3.63) is 0 Å². The van der Waals surface area contributed by atoms with E-state index in [9.17, 15) is 0 Å². The Bertz CT molecular complexity index is 123. The molecule has 0 bridgehead atoms. The molecule has 0 N–H and O–H groups in total. The molecule has 0 amide bonds. The maximum atomic E-state index is 5.48. The van der Waals surface area contributed by atoms with Crippen LogP contribution in [0.5, 0.6) is 0 Å². The first-order chi connectivity index (χ1) is 4.52. The average molecular weight is 175 g/mol. The van der Waals surface area contributed by atoms with Gasteiger partial charge in [-0.2, -0.15) is 0 Å². The molecular formula is C6H17NOSi2. The molecule has 0 aliphatic carbocycles. The normalized spacial score (nSPS) is 12.9. The SMILES string of the molecule is CC(=N[SiH](C)C)O[SiH](C)C. The maximum absolute atomic E-state index is 5.48. The predicted molar refractivity (Wildman–Crippen MR) is 51.9 cm³/mol. The molecule has 4 heteroatoms. The van der Waals surface area contributed by atoms with Crippen molar-refractivity contribution in [3.63, 3.8) is 0 Å². The molecule has 0 aromatic heterocycles. The lowest BCUT2D eigenvalue weighted by molar-refractivity contribution is 0.573. The molecule has 0 saturated heterocycles. The number of hydrogen-bond acceptors (Lipinski definition) is 2. The van der Waals surface area contributed by atoms with Crippen LogP contribution < -0.4 is 0 Å². The average Bonchev–Trinajstić information content (AvgIpc) is 1.58. The second-order valence-electron chi connectivity index (χ2n) is 2.91. The van der Waals surface area contributed by atoms with Crippen molar-refractivity contribution in [2.24, 2.45) is 4.66 Å². The third-order valence-electron chi connectivity index (χ3n) is 0.846. The van der Waals surface area contributed by atoms with Crippen LogP contribution in [0.25, 0.3) is 0 Å². The van der Waals surface area contributed by atoms with E-state index in [1.165, 1.54) is 0 Å². The number of rotatable bonds is 2. The van der Waals surface area contributed by atoms with Gasteiger partial charge < -0.3 is 9.08 Å². The molecule has 0 saturated carbocycles. The fourth-order valence-corrected chi connectivity index (χ4v) is 2.39. The standard InChI is InChI=1S/C6H17NOSi2/c1-6(7-9(2)3)8-10(4)5/h9-10H,1-5H3. The highest BCUT2D eigenvalue weighted by Gasteiger charge is 1.98. The van der Waals surface area contributed by atoms with Gasteiger partial charge in [0.2, 0.25) is 9.04 Å². The van der Waals surface area contributed by atoms with E-state index in [0.717, 1.165) is 5.90 Å². The van der Waals surface area contributed by atoms with Gasteiger partial charge in [-0.15, -0.1) is 0 Å². The molecular weight excluding hydrogens is 158 g/mol. The summed E-state index contributed by atoms with van der Waals surface area (Å²) >= 11 is 0. The van der Waals surface area contributed by atoms with Crippen molar-refractivity contribution in [3.8, 4) is 0 Å². The Morgan fingerprint density at radius 3 is 2.00 bits per heavy atom. The minimum Gasteiger partial charge on any atom is -0.538 e. The Balaban J connectivity index is 3.71. The summed E-state index contributed by atoms with van der Waals surface area (Å²) in [4.78, 5) is 0. The zero-order valence-electron chi connectivity index (χ0n) is 7.51. The van der Waals surface area contributed by atoms with Crippen molar-refractivity contribution < 1.29 is 4.43 Å². The summed E-state index contributed by atoms with van der Waals surface area (Å²) < 4.78 is 9.87. The van der Waals surface area contributed by atoms with Crippen LogP contribution in [0.15, 0.2) is 4.66 Å². The van der Waals surface area contributed by atoms with Gasteiger partial charge in [-0.1, -0.05) is 13.1 Å². The molecule has 0 atom stereocenters. The molecule has 0 spiro atoms. The van der Waals surface area contributed by atoms with E-state index in [1.54, 1.807) is 0 Å². The van der Waals surface area contributed by atoms with Gasteiger partial charge in [0, 0.05) is 6.92 Å². The molecule has 0 aromatic carbocycles. The Labute approximate surface area is 66.7 Å². The molecule has 0 unspecified atom stereocenters. The van der Waals surface area contributed by atoms with E-state index >= 15 is 0 Å². The van der Waals surface area contributed by atoms with Crippen LogP contribution in [0.2, 0.25) is 26.2 Å². The van der Waals surface area contributed by atoms with Crippen LogP contribution in [0.1, 0.15) is 6.92 Å².